The highest BCUT2D eigenvalue weighted by Crippen LogP contribution is 2.24. The number of carbonyl (C=O) groups excluding carboxylic acids is 1. The molecule has 0 radical (unpaired) electrons. The summed E-state index contributed by atoms with van der Waals surface area (Å²) < 4.78 is 13.1. The molecular formula is C18H21FN4O. The first-order valence-corrected chi connectivity index (χ1v) is 8.19. The first-order chi connectivity index (χ1) is 11.7. The van der Waals surface area contributed by atoms with Gasteiger partial charge in [-0.3, -0.25) is 9.89 Å². The number of hydrogen-bond acceptors (Lipinski definition) is 3. The third kappa shape index (κ3) is 4.52. The molecule has 1 aliphatic heterocycles. The molecule has 5 nitrogen and oxygen atoms in total. The summed E-state index contributed by atoms with van der Waals surface area (Å²) in [5, 5.41) is 13.3. The molecule has 3 rings (SSSR count). The maximum atomic E-state index is 13.1. The quantitative estimate of drug-likeness (QED) is 0.790. The molecule has 0 spiro atoms. The number of anilines is 1. The molecule has 1 fully saturated rings. The number of H-pyrrole nitrogens is 1. The highest BCUT2D eigenvalue weighted by Gasteiger charge is 2.17. The summed E-state index contributed by atoms with van der Waals surface area (Å²) in [6.07, 6.45) is 5.81. The summed E-state index contributed by atoms with van der Waals surface area (Å²) in [7, 11) is 0. The number of halogens is 1. The molecule has 2 aromatic rings. The molecular weight excluding hydrogens is 307 g/mol. The number of amides is 1. The lowest BCUT2D eigenvalue weighted by atomic mass is 9.95. The minimum Gasteiger partial charge on any atom is -0.317 e. The molecule has 1 amide bonds. The fraction of sp³-hybridized carbons (Fsp3) is 0.333. The van der Waals surface area contributed by atoms with Gasteiger partial charge in [0.2, 0.25) is 5.91 Å². The summed E-state index contributed by atoms with van der Waals surface area (Å²) >= 11 is 0. The van der Waals surface area contributed by atoms with E-state index < -0.39 is 0 Å². The van der Waals surface area contributed by atoms with Gasteiger partial charge in [0.15, 0.2) is 5.82 Å². The van der Waals surface area contributed by atoms with E-state index in [2.05, 4.69) is 20.8 Å². The second-order valence-electron chi connectivity index (χ2n) is 5.94. The van der Waals surface area contributed by atoms with E-state index >= 15 is 0 Å². The first kappa shape index (κ1) is 16.4. The van der Waals surface area contributed by atoms with Gasteiger partial charge in [0.25, 0.3) is 0 Å². The van der Waals surface area contributed by atoms with Gasteiger partial charge in [0.05, 0.1) is 0 Å². The average molecular weight is 328 g/mol. The Morgan fingerprint density at radius 1 is 1.33 bits per heavy atom. The summed E-state index contributed by atoms with van der Waals surface area (Å²) in [6, 6.07) is 8.15. The monoisotopic (exact) mass is 328 g/mol. The fourth-order valence-corrected chi connectivity index (χ4v) is 2.85. The normalized spacial score (nSPS) is 15.7. The Morgan fingerprint density at radius 2 is 2.17 bits per heavy atom. The smallest absolute Gasteiger partial charge is 0.229 e. The number of rotatable bonds is 5. The van der Waals surface area contributed by atoms with E-state index in [0.29, 0.717) is 11.7 Å². The van der Waals surface area contributed by atoms with Crippen LogP contribution in [0, 0.1) is 5.82 Å². The Morgan fingerprint density at radius 3 is 2.96 bits per heavy atom. The van der Waals surface area contributed by atoms with Crippen LogP contribution >= 0.6 is 0 Å². The fourth-order valence-electron chi connectivity index (χ4n) is 2.85. The largest absolute Gasteiger partial charge is 0.317 e. The Bertz CT molecular complexity index is 719. The van der Waals surface area contributed by atoms with Gasteiger partial charge in [-0.15, -0.1) is 0 Å². The topological polar surface area (TPSA) is 69.8 Å². The minimum absolute atomic E-state index is 0.147. The first-order valence-electron chi connectivity index (χ1n) is 8.19. The number of benzene rings is 1. The van der Waals surface area contributed by atoms with E-state index in [4.69, 9.17) is 0 Å². The Labute approximate surface area is 140 Å². The van der Waals surface area contributed by atoms with Crippen molar-refractivity contribution in [2.24, 2.45) is 0 Å². The van der Waals surface area contributed by atoms with Gasteiger partial charge in [-0.25, -0.2) is 4.39 Å². The Balaban J connectivity index is 1.50. The van der Waals surface area contributed by atoms with Gasteiger partial charge in [-0.05, 0) is 43.6 Å². The van der Waals surface area contributed by atoms with Gasteiger partial charge in [0.1, 0.15) is 5.82 Å². The molecule has 0 atom stereocenters. The van der Waals surface area contributed by atoms with Crippen LogP contribution in [-0.2, 0) is 4.79 Å². The van der Waals surface area contributed by atoms with Crippen LogP contribution in [0.2, 0.25) is 0 Å². The Hall–Kier alpha value is -2.47. The van der Waals surface area contributed by atoms with Crippen LogP contribution in [0.25, 0.3) is 6.08 Å². The van der Waals surface area contributed by atoms with Crippen LogP contribution in [0.4, 0.5) is 10.2 Å². The second-order valence-corrected chi connectivity index (χ2v) is 5.94. The predicted octanol–water partition coefficient (Wildman–Crippen LogP) is 3.06. The average Bonchev–Trinajstić information content (AvgIpc) is 3.04. The minimum atomic E-state index is -0.288. The lowest BCUT2D eigenvalue weighted by Gasteiger charge is -2.20. The highest BCUT2D eigenvalue weighted by molar-refractivity contribution is 5.91. The zero-order valence-corrected chi connectivity index (χ0v) is 13.4. The molecule has 2 heterocycles. The summed E-state index contributed by atoms with van der Waals surface area (Å²) in [4.78, 5) is 12.0. The molecule has 0 unspecified atom stereocenters. The number of nitrogens with zero attached hydrogens (tertiary/aromatic N) is 1. The van der Waals surface area contributed by atoms with E-state index in [1.54, 1.807) is 24.3 Å². The molecule has 1 aromatic carbocycles. The summed E-state index contributed by atoms with van der Waals surface area (Å²) in [5.74, 6) is 0.583. The lowest BCUT2D eigenvalue weighted by molar-refractivity contribution is -0.115. The number of piperidine rings is 1. The van der Waals surface area contributed by atoms with E-state index in [1.807, 2.05) is 6.07 Å². The highest BCUT2D eigenvalue weighted by atomic mass is 19.1. The molecule has 0 saturated carbocycles. The number of hydrogen-bond donors (Lipinski definition) is 3. The molecule has 3 N–H and O–H groups in total. The molecule has 0 bridgehead atoms. The van der Waals surface area contributed by atoms with Crippen molar-refractivity contribution in [3.63, 3.8) is 0 Å². The maximum Gasteiger partial charge on any atom is 0.229 e. The second kappa shape index (κ2) is 7.88. The zero-order chi connectivity index (χ0) is 16.8. The molecule has 24 heavy (non-hydrogen) atoms. The van der Waals surface area contributed by atoms with Crippen molar-refractivity contribution in [2.45, 2.75) is 25.2 Å². The predicted molar refractivity (Wildman–Crippen MR) is 92.1 cm³/mol. The zero-order valence-electron chi connectivity index (χ0n) is 13.4. The van der Waals surface area contributed by atoms with Gasteiger partial charge in [0, 0.05) is 24.1 Å². The maximum absolute atomic E-state index is 13.1. The summed E-state index contributed by atoms with van der Waals surface area (Å²) in [5.41, 5.74) is 1.80. The number of carbonyl (C=O) groups is 1. The van der Waals surface area contributed by atoms with Crippen LogP contribution in [0.5, 0.6) is 0 Å². The van der Waals surface area contributed by atoms with Crippen molar-refractivity contribution < 1.29 is 9.18 Å². The molecule has 0 aliphatic carbocycles. The van der Waals surface area contributed by atoms with Gasteiger partial charge in [-0.2, -0.15) is 5.10 Å². The Kier molecular flexibility index (Phi) is 5.38. The van der Waals surface area contributed by atoms with Crippen LogP contribution in [0.3, 0.4) is 0 Å². The van der Waals surface area contributed by atoms with Crippen LogP contribution in [0.1, 0.15) is 36.4 Å². The van der Waals surface area contributed by atoms with Crippen molar-refractivity contribution >= 4 is 17.8 Å². The van der Waals surface area contributed by atoms with Crippen molar-refractivity contribution in [2.75, 3.05) is 18.4 Å². The molecule has 1 aromatic heterocycles. The number of aromatic amines is 1. The van der Waals surface area contributed by atoms with E-state index in [-0.39, 0.29) is 18.1 Å². The van der Waals surface area contributed by atoms with Crippen molar-refractivity contribution in [3.05, 3.63) is 53.5 Å². The lowest BCUT2D eigenvalue weighted by Crippen LogP contribution is -2.26. The standard InChI is InChI=1S/C18H21FN4O/c19-15-5-1-3-13(11-15)4-2-6-18(24)21-17-12-16(22-23-17)14-7-9-20-10-8-14/h1-5,11-12,14,20H,6-10H2,(H2,21,22,23,24)/b4-2+. The summed E-state index contributed by atoms with van der Waals surface area (Å²) in [6.45, 7) is 2.02. The molecule has 1 saturated heterocycles. The number of nitrogens with one attached hydrogen (secondary N) is 3. The van der Waals surface area contributed by atoms with Crippen LogP contribution in [-0.4, -0.2) is 29.2 Å². The SMILES string of the molecule is O=C(C/C=C/c1cccc(F)c1)Nc1cc(C2CCNCC2)[nH]n1. The van der Waals surface area contributed by atoms with Gasteiger partial charge < -0.3 is 10.6 Å². The van der Waals surface area contributed by atoms with Crippen LogP contribution in [0.15, 0.2) is 36.4 Å². The van der Waals surface area contributed by atoms with Crippen molar-refractivity contribution in [1.29, 1.82) is 0 Å². The van der Waals surface area contributed by atoms with Crippen LogP contribution < -0.4 is 10.6 Å². The van der Waals surface area contributed by atoms with Crippen molar-refractivity contribution in [1.82, 2.24) is 15.5 Å². The van der Waals surface area contributed by atoms with Gasteiger partial charge >= 0.3 is 0 Å². The van der Waals surface area contributed by atoms with E-state index in [1.165, 1.54) is 12.1 Å². The van der Waals surface area contributed by atoms with E-state index in [9.17, 15) is 9.18 Å². The molecule has 6 heteroatoms. The number of aromatic nitrogens is 2. The third-order valence-corrected chi connectivity index (χ3v) is 4.11. The molecule has 1 aliphatic rings. The van der Waals surface area contributed by atoms with Crippen molar-refractivity contribution in [3.8, 4) is 0 Å². The van der Waals surface area contributed by atoms with Gasteiger partial charge in [-0.1, -0.05) is 24.3 Å². The van der Waals surface area contributed by atoms with E-state index in [0.717, 1.165) is 37.2 Å². The third-order valence-electron chi connectivity index (χ3n) is 4.11. The molecule has 126 valence electrons.